The van der Waals surface area contributed by atoms with E-state index in [2.05, 4.69) is 4.72 Å². The first-order valence-electron chi connectivity index (χ1n) is 11.0. The highest BCUT2D eigenvalue weighted by Crippen LogP contribution is 2.25. The lowest BCUT2D eigenvalue weighted by atomic mass is 10.1. The fraction of sp³-hybridized carbons (Fsp3) is 0.292. The molecule has 1 atom stereocenters. The van der Waals surface area contributed by atoms with Gasteiger partial charge in [-0.1, -0.05) is 35.9 Å². The summed E-state index contributed by atoms with van der Waals surface area (Å²) in [4.78, 5) is 12.5. The summed E-state index contributed by atoms with van der Waals surface area (Å²) in [6.45, 7) is 3.42. The number of carbonyl (C=O) groups is 1. The van der Waals surface area contributed by atoms with E-state index in [1.807, 2.05) is 6.92 Å². The number of sulfonamides is 1. The smallest absolute Gasteiger partial charge is 0.340 e. The second-order valence-corrected chi connectivity index (χ2v) is 11.5. The van der Waals surface area contributed by atoms with Crippen molar-refractivity contribution < 1.29 is 36.2 Å². The SMILES string of the molecule is CCOC(=O)c1ccn(S(=O)(=O)c2ccccc2)c1CS(=O)(=O)Nc1ccc(C)cc1CC(O)OC. The number of rotatable bonds is 11. The third kappa shape index (κ3) is 6.32. The Balaban J connectivity index is 2.04. The maximum absolute atomic E-state index is 13.3. The molecule has 0 saturated carbocycles. The van der Waals surface area contributed by atoms with E-state index < -0.39 is 38.1 Å². The molecule has 0 saturated heterocycles. The molecule has 2 aromatic carbocycles. The van der Waals surface area contributed by atoms with Crippen LogP contribution in [0.2, 0.25) is 0 Å². The summed E-state index contributed by atoms with van der Waals surface area (Å²) >= 11 is 0. The molecule has 0 bridgehead atoms. The predicted octanol–water partition coefficient (Wildman–Crippen LogP) is 2.66. The van der Waals surface area contributed by atoms with Crippen LogP contribution in [-0.4, -0.2) is 51.9 Å². The molecule has 2 N–H and O–H groups in total. The third-order valence-corrected chi connectivity index (χ3v) is 8.18. The first-order chi connectivity index (χ1) is 17.0. The van der Waals surface area contributed by atoms with Crippen molar-refractivity contribution in [2.45, 2.75) is 37.2 Å². The van der Waals surface area contributed by atoms with Crippen LogP contribution in [0.5, 0.6) is 0 Å². The zero-order valence-electron chi connectivity index (χ0n) is 20.0. The van der Waals surface area contributed by atoms with Crippen LogP contribution in [0.4, 0.5) is 5.69 Å². The van der Waals surface area contributed by atoms with Crippen LogP contribution in [-0.2, 0) is 41.7 Å². The second kappa shape index (κ2) is 11.2. The lowest BCUT2D eigenvalue weighted by Crippen LogP contribution is -2.23. The van der Waals surface area contributed by atoms with E-state index in [1.54, 1.807) is 25.1 Å². The van der Waals surface area contributed by atoms with Crippen molar-refractivity contribution in [1.29, 1.82) is 0 Å². The number of hydrogen-bond acceptors (Lipinski definition) is 8. The largest absolute Gasteiger partial charge is 0.462 e. The number of aliphatic hydroxyl groups is 1. The molecule has 194 valence electrons. The lowest BCUT2D eigenvalue weighted by molar-refractivity contribution is -0.0719. The van der Waals surface area contributed by atoms with Crippen LogP contribution in [0.15, 0.2) is 65.7 Å². The molecule has 3 rings (SSSR count). The van der Waals surface area contributed by atoms with Crippen LogP contribution in [0.3, 0.4) is 0 Å². The van der Waals surface area contributed by atoms with Crippen molar-refractivity contribution in [2.75, 3.05) is 18.4 Å². The summed E-state index contributed by atoms with van der Waals surface area (Å²) in [5, 5.41) is 9.89. The monoisotopic (exact) mass is 536 g/mol. The predicted molar refractivity (Wildman–Crippen MR) is 134 cm³/mol. The van der Waals surface area contributed by atoms with Crippen molar-refractivity contribution in [3.63, 3.8) is 0 Å². The maximum atomic E-state index is 13.3. The molecule has 1 heterocycles. The summed E-state index contributed by atoms with van der Waals surface area (Å²) in [5.41, 5.74) is 1.06. The van der Waals surface area contributed by atoms with Crippen LogP contribution >= 0.6 is 0 Å². The average molecular weight is 537 g/mol. The van der Waals surface area contributed by atoms with Gasteiger partial charge in [0.05, 0.1) is 28.4 Å². The first kappa shape index (κ1) is 27.4. The topological polar surface area (TPSA) is 141 Å². The molecule has 10 nitrogen and oxygen atoms in total. The number of anilines is 1. The van der Waals surface area contributed by atoms with Crippen molar-refractivity contribution in [3.8, 4) is 0 Å². The second-order valence-electron chi connectivity index (χ2n) is 7.93. The first-order valence-corrected chi connectivity index (χ1v) is 14.1. The van der Waals surface area contributed by atoms with Gasteiger partial charge in [0.25, 0.3) is 10.0 Å². The van der Waals surface area contributed by atoms with Gasteiger partial charge in [0.2, 0.25) is 10.0 Å². The van der Waals surface area contributed by atoms with Gasteiger partial charge in [0.1, 0.15) is 5.75 Å². The molecule has 0 aliphatic carbocycles. The number of ether oxygens (including phenoxy) is 2. The number of methoxy groups -OCH3 is 1. The van der Waals surface area contributed by atoms with E-state index in [9.17, 15) is 26.7 Å². The Morgan fingerprint density at radius 1 is 1.08 bits per heavy atom. The molecule has 1 unspecified atom stereocenters. The summed E-state index contributed by atoms with van der Waals surface area (Å²) in [5.74, 6) is -1.68. The van der Waals surface area contributed by atoms with Gasteiger partial charge >= 0.3 is 5.97 Å². The number of esters is 1. The summed E-state index contributed by atoms with van der Waals surface area (Å²) in [7, 11) is -7.12. The van der Waals surface area contributed by atoms with E-state index in [1.165, 1.54) is 43.5 Å². The van der Waals surface area contributed by atoms with Gasteiger partial charge in [0.15, 0.2) is 6.29 Å². The summed E-state index contributed by atoms with van der Waals surface area (Å²) < 4.78 is 66.2. The van der Waals surface area contributed by atoms with E-state index in [0.29, 0.717) is 5.56 Å². The number of aromatic nitrogens is 1. The molecular formula is C24H28N2O8S2. The van der Waals surface area contributed by atoms with E-state index in [4.69, 9.17) is 9.47 Å². The highest BCUT2D eigenvalue weighted by molar-refractivity contribution is 7.92. The van der Waals surface area contributed by atoms with Gasteiger partial charge in [0, 0.05) is 19.7 Å². The van der Waals surface area contributed by atoms with Crippen LogP contribution < -0.4 is 4.72 Å². The Hall–Kier alpha value is -3.19. The average Bonchev–Trinajstić information content (AvgIpc) is 3.25. The van der Waals surface area contributed by atoms with E-state index in [-0.39, 0.29) is 34.9 Å². The molecule has 0 radical (unpaired) electrons. The number of aryl methyl sites for hydroxylation is 1. The molecule has 36 heavy (non-hydrogen) atoms. The molecule has 12 heteroatoms. The highest BCUT2D eigenvalue weighted by atomic mass is 32.2. The third-order valence-electron chi connectivity index (χ3n) is 5.27. The highest BCUT2D eigenvalue weighted by Gasteiger charge is 2.29. The minimum Gasteiger partial charge on any atom is -0.462 e. The standard InChI is InChI=1S/C24H28N2O8S2/c1-4-34-24(28)20-12-13-26(36(31,32)19-8-6-5-7-9-19)22(20)16-35(29,30)25-21-11-10-17(2)14-18(21)15-23(27)33-3/h5-14,23,25,27H,4,15-16H2,1-3H3. The van der Waals surface area contributed by atoms with Gasteiger partial charge in [-0.25, -0.2) is 25.6 Å². The lowest BCUT2D eigenvalue weighted by Gasteiger charge is -2.17. The number of nitrogens with one attached hydrogen (secondary N) is 1. The summed E-state index contributed by atoms with van der Waals surface area (Å²) in [6, 6.07) is 13.6. The minimum atomic E-state index is -4.24. The number of aliphatic hydroxyl groups excluding tert-OH is 1. The van der Waals surface area contributed by atoms with E-state index in [0.717, 1.165) is 15.7 Å². The zero-order valence-corrected chi connectivity index (χ0v) is 21.7. The minimum absolute atomic E-state index is 0.0167. The number of carbonyl (C=O) groups excluding carboxylic acids is 1. The Morgan fingerprint density at radius 2 is 1.78 bits per heavy atom. The van der Waals surface area contributed by atoms with Crippen LogP contribution in [0.25, 0.3) is 0 Å². The van der Waals surface area contributed by atoms with Crippen LogP contribution in [0, 0.1) is 6.92 Å². The van der Waals surface area contributed by atoms with Crippen molar-refractivity contribution in [2.24, 2.45) is 0 Å². The van der Waals surface area contributed by atoms with Crippen LogP contribution in [0.1, 0.15) is 34.1 Å². The quantitative estimate of drug-likeness (QED) is 0.281. The van der Waals surface area contributed by atoms with Gasteiger partial charge in [-0.3, -0.25) is 4.72 Å². The van der Waals surface area contributed by atoms with Crippen molar-refractivity contribution in [3.05, 3.63) is 83.2 Å². The van der Waals surface area contributed by atoms with E-state index >= 15 is 0 Å². The van der Waals surface area contributed by atoms with Gasteiger partial charge in [-0.2, -0.15) is 0 Å². The molecular weight excluding hydrogens is 508 g/mol. The Morgan fingerprint density at radius 3 is 2.42 bits per heavy atom. The number of benzene rings is 2. The molecule has 3 aromatic rings. The number of hydrogen-bond donors (Lipinski definition) is 2. The summed E-state index contributed by atoms with van der Waals surface area (Å²) in [6.07, 6.45) is -0.00658. The van der Waals surface area contributed by atoms with Gasteiger partial charge < -0.3 is 14.6 Å². The van der Waals surface area contributed by atoms with Gasteiger partial charge in [-0.05, 0) is 43.7 Å². The normalized spacial score (nSPS) is 12.8. The van der Waals surface area contributed by atoms with Crippen molar-refractivity contribution >= 4 is 31.7 Å². The van der Waals surface area contributed by atoms with Crippen molar-refractivity contribution in [1.82, 2.24) is 3.97 Å². The fourth-order valence-electron chi connectivity index (χ4n) is 3.56. The number of nitrogens with zero attached hydrogens (tertiary/aromatic N) is 1. The molecule has 0 amide bonds. The Bertz CT molecular complexity index is 1430. The molecule has 0 spiro atoms. The molecule has 1 aromatic heterocycles. The maximum Gasteiger partial charge on any atom is 0.340 e. The Kier molecular flexibility index (Phi) is 8.56. The zero-order chi connectivity index (χ0) is 26.5. The fourth-order valence-corrected chi connectivity index (χ4v) is 6.31. The molecule has 0 aliphatic heterocycles. The molecule has 0 fully saturated rings. The molecule has 0 aliphatic rings. The van der Waals surface area contributed by atoms with Gasteiger partial charge in [-0.15, -0.1) is 0 Å². The Labute approximate surface area is 210 Å².